The van der Waals surface area contributed by atoms with Gasteiger partial charge in [0, 0.05) is 0 Å². The topological polar surface area (TPSA) is 62.7 Å². The van der Waals surface area contributed by atoms with Gasteiger partial charge in [0.05, 0.1) is 23.8 Å². The summed E-state index contributed by atoms with van der Waals surface area (Å²) in [5, 5.41) is 12.7. The Morgan fingerprint density at radius 1 is 1.32 bits per heavy atom. The lowest BCUT2D eigenvalue weighted by atomic mass is 10.1. The van der Waals surface area contributed by atoms with Gasteiger partial charge in [-0.05, 0) is 29.9 Å². The molecule has 19 heavy (non-hydrogen) atoms. The van der Waals surface area contributed by atoms with E-state index in [1.54, 1.807) is 12.1 Å². The molecule has 0 bridgehead atoms. The summed E-state index contributed by atoms with van der Waals surface area (Å²) >= 11 is 1.81. The molecule has 0 amide bonds. The Labute approximate surface area is 116 Å². The van der Waals surface area contributed by atoms with Gasteiger partial charge >= 0.3 is 0 Å². The summed E-state index contributed by atoms with van der Waals surface area (Å²) in [5.41, 5.74) is 1.72. The number of rotatable bonds is 6. The molecule has 0 aliphatic carbocycles. The molecule has 2 rings (SSSR count). The molecular formula is C14H15N3OS. The van der Waals surface area contributed by atoms with Crippen molar-refractivity contribution in [3.05, 3.63) is 47.1 Å². The number of thioether (sulfide) groups is 1. The van der Waals surface area contributed by atoms with Crippen LogP contribution in [0.2, 0.25) is 0 Å². The molecule has 4 nitrogen and oxygen atoms in total. The van der Waals surface area contributed by atoms with Crippen molar-refractivity contribution < 1.29 is 4.52 Å². The Morgan fingerprint density at radius 3 is 2.79 bits per heavy atom. The number of nitrogens with zero attached hydrogens (tertiary/aromatic N) is 3. The number of benzene rings is 1. The third kappa shape index (κ3) is 4.11. The lowest BCUT2D eigenvalue weighted by Gasteiger charge is -1.96. The first-order valence-corrected chi connectivity index (χ1v) is 7.35. The summed E-state index contributed by atoms with van der Waals surface area (Å²) in [7, 11) is 0. The highest BCUT2D eigenvalue weighted by Gasteiger charge is 2.07. The van der Waals surface area contributed by atoms with Crippen LogP contribution in [0.1, 0.15) is 36.2 Å². The fourth-order valence-electron chi connectivity index (χ4n) is 1.60. The molecule has 0 atom stereocenters. The highest BCUT2D eigenvalue weighted by molar-refractivity contribution is 7.98. The Morgan fingerprint density at radius 2 is 2.11 bits per heavy atom. The van der Waals surface area contributed by atoms with E-state index in [-0.39, 0.29) is 0 Å². The van der Waals surface area contributed by atoms with Crippen molar-refractivity contribution in [2.75, 3.05) is 5.75 Å². The second-order valence-corrected chi connectivity index (χ2v) is 5.25. The first-order valence-electron chi connectivity index (χ1n) is 6.20. The van der Waals surface area contributed by atoms with Crippen molar-refractivity contribution in [1.82, 2.24) is 10.1 Å². The van der Waals surface area contributed by atoms with E-state index in [1.165, 1.54) is 0 Å². The minimum absolute atomic E-state index is 0.608. The van der Waals surface area contributed by atoms with Crippen LogP contribution in [0.5, 0.6) is 0 Å². The predicted octanol–water partition coefficient (Wildman–Crippen LogP) is 3.18. The lowest BCUT2D eigenvalue weighted by Crippen LogP contribution is -1.90. The zero-order valence-electron chi connectivity index (χ0n) is 10.8. The van der Waals surface area contributed by atoms with Gasteiger partial charge in [-0.1, -0.05) is 24.2 Å². The first-order chi connectivity index (χ1) is 9.31. The molecule has 0 fully saturated rings. The highest BCUT2D eigenvalue weighted by Crippen LogP contribution is 2.13. The van der Waals surface area contributed by atoms with Gasteiger partial charge < -0.3 is 4.52 Å². The zero-order valence-corrected chi connectivity index (χ0v) is 11.6. The van der Waals surface area contributed by atoms with E-state index in [0.29, 0.717) is 17.9 Å². The fourth-order valence-corrected chi connectivity index (χ4v) is 2.33. The molecule has 0 saturated carbocycles. The van der Waals surface area contributed by atoms with Crippen LogP contribution in [0.4, 0.5) is 0 Å². The van der Waals surface area contributed by atoms with Gasteiger partial charge in [-0.15, -0.1) is 0 Å². The average molecular weight is 273 g/mol. The lowest BCUT2D eigenvalue weighted by molar-refractivity contribution is 0.381. The fraction of sp³-hybridized carbons (Fsp3) is 0.357. The van der Waals surface area contributed by atoms with Crippen molar-refractivity contribution in [2.45, 2.75) is 25.5 Å². The first kappa shape index (κ1) is 13.6. The van der Waals surface area contributed by atoms with E-state index < -0.39 is 0 Å². The second-order valence-electron chi connectivity index (χ2n) is 4.14. The van der Waals surface area contributed by atoms with Crippen molar-refractivity contribution in [3.8, 4) is 6.07 Å². The minimum atomic E-state index is 0.608. The summed E-state index contributed by atoms with van der Waals surface area (Å²) in [6.07, 6.45) is 1.76. The maximum absolute atomic E-state index is 8.73. The van der Waals surface area contributed by atoms with Crippen LogP contribution in [0.15, 0.2) is 28.8 Å². The van der Waals surface area contributed by atoms with Crippen LogP contribution < -0.4 is 0 Å². The summed E-state index contributed by atoms with van der Waals surface area (Å²) in [6.45, 7) is 2.15. The van der Waals surface area contributed by atoms with E-state index in [1.807, 2.05) is 23.9 Å². The third-order valence-corrected chi connectivity index (χ3v) is 3.69. The van der Waals surface area contributed by atoms with Gasteiger partial charge in [-0.25, -0.2) is 0 Å². The molecule has 0 aliphatic rings. The summed E-state index contributed by atoms with van der Waals surface area (Å²) in [4.78, 5) is 4.36. The monoisotopic (exact) mass is 273 g/mol. The van der Waals surface area contributed by atoms with Gasteiger partial charge in [0.1, 0.15) is 0 Å². The van der Waals surface area contributed by atoms with Crippen LogP contribution in [0.3, 0.4) is 0 Å². The normalized spacial score (nSPS) is 10.3. The van der Waals surface area contributed by atoms with E-state index in [2.05, 4.69) is 23.1 Å². The molecule has 0 radical (unpaired) electrons. The van der Waals surface area contributed by atoms with Crippen molar-refractivity contribution >= 4 is 11.8 Å². The average Bonchev–Trinajstić information content (AvgIpc) is 2.88. The Hall–Kier alpha value is -1.80. The van der Waals surface area contributed by atoms with Gasteiger partial charge in [-0.3, -0.25) is 0 Å². The Kier molecular flexibility index (Phi) is 4.99. The van der Waals surface area contributed by atoms with Crippen molar-refractivity contribution in [2.24, 2.45) is 0 Å². The summed E-state index contributed by atoms with van der Waals surface area (Å²) < 4.78 is 5.22. The maximum Gasteiger partial charge on any atom is 0.231 e. The number of aromatic nitrogens is 2. The molecular weight excluding hydrogens is 258 g/mol. The quantitative estimate of drug-likeness (QED) is 0.756. The highest BCUT2D eigenvalue weighted by atomic mass is 32.2. The van der Waals surface area contributed by atoms with Crippen molar-refractivity contribution in [1.29, 1.82) is 5.26 Å². The predicted molar refractivity (Wildman–Crippen MR) is 74.7 cm³/mol. The van der Waals surface area contributed by atoms with Gasteiger partial charge in [0.25, 0.3) is 0 Å². The number of nitriles is 1. The molecule has 1 heterocycles. The van der Waals surface area contributed by atoms with Crippen LogP contribution in [0, 0.1) is 11.3 Å². The van der Waals surface area contributed by atoms with Crippen LogP contribution in [0.25, 0.3) is 0 Å². The smallest absolute Gasteiger partial charge is 0.231 e. The number of hydrogen-bond acceptors (Lipinski definition) is 5. The van der Waals surface area contributed by atoms with E-state index >= 15 is 0 Å². The molecule has 0 saturated heterocycles. The third-order valence-electron chi connectivity index (χ3n) is 2.53. The Balaban J connectivity index is 1.93. The van der Waals surface area contributed by atoms with Gasteiger partial charge in [0.15, 0.2) is 5.82 Å². The molecule has 0 aliphatic heterocycles. The van der Waals surface area contributed by atoms with E-state index in [4.69, 9.17) is 9.78 Å². The van der Waals surface area contributed by atoms with Gasteiger partial charge in [-0.2, -0.15) is 22.0 Å². The van der Waals surface area contributed by atoms with Gasteiger partial charge in [0.2, 0.25) is 5.89 Å². The molecule has 2 aromatic rings. The van der Waals surface area contributed by atoms with Crippen LogP contribution in [-0.4, -0.2) is 15.9 Å². The van der Waals surface area contributed by atoms with E-state index in [9.17, 15) is 0 Å². The second kappa shape index (κ2) is 6.95. The van der Waals surface area contributed by atoms with Crippen molar-refractivity contribution in [3.63, 3.8) is 0 Å². The number of hydrogen-bond donors (Lipinski definition) is 0. The molecule has 0 spiro atoms. The summed E-state index contributed by atoms with van der Waals surface area (Å²) in [5.74, 6) is 3.28. The molecule has 5 heteroatoms. The zero-order chi connectivity index (χ0) is 13.5. The molecule has 1 aromatic heterocycles. The Bertz CT molecular complexity index is 557. The molecule has 0 unspecified atom stereocenters. The van der Waals surface area contributed by atoms with E-state index in [0.717, 1.165) is 29.3 Å². The largest absolute Gasteiger partial charge is 0.339 e. The maximum atomic E-state index is 8.73. The molecule has 0 N–H and O–H groups in total. The minimum Gasteiger partial charge on any atom is -0.339 e. The standard InChI is InChI=1S/C14H15N3OS/c1-2-7-19-10-13-16-14(18-17-13)8-11-3-5-12(9-15)6-4-11/h3-6H,2,7-8,10H2,1H3. The van der Waals surface area contributed by atoms with Crippen LogP contribution >= 0.6 is 11.8 Å². The molecule has 1 aromatic carbocycles. The SMILES string of the molecule is CCCSCc1noc(Cc2ccc(C#N)cc2)n1. The summed E-state index contributed by atoms with van der Waals surface area (Å²) in [6, 6.07) is 9.51. The molecule has 98 valence electrons. The van der Waals surface area contributed by atoms with Crippen LogP contribution in [-0.2, 0) is 12.2 Å².